The van der Waals surface area contributed by atoms with E-state index in [1.54, 1.807) is 14.0 Å². The SMILES string of the molecule is COc1ccc(-c2[nH]ncc2CN(Cc2ccc3c(c2)OCO3)CC(C)O)cc1.O=C(O)CC(O)(CC(=O)O)C(=O)O. The number of aromatic amines is 1. The van der Waals surface area contributed by atoms with E-state index < -0.39 is 42.5 Å². The molecule has 1 aliphatic rings. The second kappa shape index (κ2) is 14.3. The van der Waals surface area contributed by atoms with Gasteiger partial charge in [0.15, 0.2) is 17.1 Å². The van der Waals surface area contributed by atoms with Crippen LogP contribution in [-0.4, -0.2) is 90.7 Å². The Balaban J connectivity index is 0.000000316. The predicted octanol–water partition coefficient (Wildman–Crippen LogP) is 1.95. The number of fused-ring (bicyclic) bond motifs is 1. The summed E-state index contributed by atoms with van der Waals surface area (Å²) in [6, 6.07) is 13.8. The summed E-state index contributed by atoms with van der Waals surface area (Å²) in [6.07, 6.45) is -0.891. The number of nitrogens with zero attached hydrogens (tertiary/aromatic N) is 2. The van der Waals surface area contributed by atoms with E-state index in [2.05, 4.69) is 15.1 Å². The third-order valence-electron chi connectivity index (χ3n) is 6.14. The van der Waals surface area contributed by atoms with Crippen molar-refractivity contribution in [2.24, 2.45) is 0 Å². The monoisotopic (exact) mass is 587 g/mol. The lowest BCUT2D eigenvalue weighted by Gasteiger charge is -2.24. The van der Waals surface area contributed by atoms with Gasteiger partial charge >= 0.3 is 17.9 Å². The summed E-state index contributed by atoms with van der Waals surface area (Å²) in [5.41, 5.74) is 1.44. The molecular weight excluding hydrogens is 554 g/mol. The molecule has 14 nitrogen and oxygen atoms in total. The number of H-pyrrole nitrogens is 1. The van der Waals surface area contributed by atoms with Crippen molar-refractivity contribution in [3.63, 3.8) is 0 Å². The molecule has 42 heavy (non-hydrogen) atoms. The number of rotatable bonds is 13. The van der Waals surface area contributed by atoms with Gasteiger partial charge in [-0.1, -0.05) is 6.07 Å². The number of aliphatic carboxylic acids is 3. The molecule has 226 valence electrons. The lowest BCUT2D eigenvalue weighted by molar-refractivity contribution is -0.170. The van der Waals surface area contributed by atoms with Gasteiger partial charge in [0.2, 0.25) is 6.79 Å². The molecule has 2 heterocycles. The van der Waals surface area contributed by atoms with E-state index in [1.807, 2.05) is 48.7 Å². The van der Waals surface area contributed by atoms with Crippen LogP contribution in [0, 0.1) is 0 Å². The van der Waals surface area contributed by atoms with E-state index >= 15 is 0 Å². The average Bonchev–Trinajstić information content (AvgIpc) is 3.57. The first kappa shape index (κ1) is 31.9. The van der Waals surface area contributed by atoms with Gasteiger partial charge in [0, 0.05) is 30.8 Å². The fourth-order valence-electron chi connectivity index (χ4n) is 4.25. The summed E-state index contributed by atoms with van der Waals surface area (Å²) in [6.45, 7) is 3.93. The number of hydrogen-bond donors (Lipinski definition) is 6. The molecule has 1 aliphatic heterocycles. The fourth-order valence-corrected chi connectivity index (χ4v) is 4.25. The maximum atomic E-state index is 10.3. The molecule has 2 aromatic carbocycles. The average molecular weight is 588 g/mol. The number of ether oxygens (including phenoxy) is 3. The Morgan fingerprint density at radius 1 is 1.02 bits per heavy atom. The zero-order valence-electron chi connectivity index (χ0n) is 23.0. The van der Waals surface area contributed by atoms with E-state index in [-0.39, 0.29) is 6.79 Å². The highest BCUT2D eigenvalue weighted by molar-refractivity contribution is 5.88. The summed E-state index contributed by atoms with van der Waals surface area (Å²) in [5.74, 6) is -2.67. The third-order valence-corrected chi connectivity index (χ3v) is 6.14. The molecule has 0 spiro atoms. The van der Waals surface area contributed by atoms with Gasteiger partial charge < -0.3 is 39.7 Å². The molecule has 14 heteroatoms. The maximum Gasteiger partial charge on any atom is 0.336 e. The van der Waals surface area contributed by atoms with E-state index in [1.165, 1.54) is 0 Å². The van der Waals surface area contributed by atoms with Crippen molar-refractivity contribution in [2.75, 3.05) is 20.4 Å². The lowest BCUT2D eigenvalue weighted by atomic mass is 9.96. The fraction of sp³-hybridized carbons (Fsp3) is 0.357. The summed E-state index contributed by atoms with van der Waals surface area (Å²) >= 11 is 0. The normalized spacial score (nSPS) is 12.8. The molecule has 0 fully saturated rings. The lowest BCUT2D eigenvalue weighted by Crippen LogP contribution is -2.42. The minimum Gasteiger partial charge on any atom is -0.497 e. The summed E-state index contributed by atoms with van der Waals surface area (Å²) in [5, 5.41) is 51.2. The van der Waals surface area contributed by atoms with Crippen molar-refractivity contribution >= 4 is 17.9 Å². The van der Waals surface area contributed by atoms with Crippen molar-refractivity contribution in [3.8, 4) is 28.5 Å². The van der Waals surface area contributed by atoms with Gasteiger partial charge in [-0.05, 0) is 48.9 Å². The maximum absolute atomic E-state index is 10.3. The standard InChI is InChI=1S/C22H25N3O4.C6H8O7/c1-15(26)11-25(12-16-3-8-20-21(9-16)29-14-28-20)13-18-10-23-24-22(18)17-4-6-19(27-2)7-5-17;7-3(8)1-6(13,5(11)12)2-4(9)10/h3-10,15,26H,11-14H2,1-2H3,(H,23,24);13H,1-2H2,(H,7,8)(H,9,10)(H,11,12). The van der Waals surface area contributed by atoms with Gasteiger partial charge in [-0.15, -0.1) is 0 Å². The zero-order chi connectivity index (χ0) is 30.9. The number of carboxylic acid groups (broad SMARTS) is 3. The molecule has 0 aliphatic carbocycles. The molecule has 6 N–H and O–H groups in total. The van der Waals surface area contributed by atoms with E-state index in [0.717, 1.165) is 39.6 Å². The number of aliphatic hydroxyl groups is 2. The highest BCUT2D eigenvalue weighted by Crippen LogP contribution is 2.33. The summed E-state index contributed by atoms with van der Waals surface area (Å²) < 4.78 is 16.1. The molecular formula is C28H33N3O11. The van der Waals surface area contributed by atoms with E-state index in [0.29, 0.717) is 19.6 Å². The van der Waals surface area contributed by atoms with Crippen LogP contribution in [0.1, 0.15) is 30.9 Å². The molecule has 1 atom stereocenters. The van der Waals surface area contributed by atoms with Crippen molar-refractivity contribution in [2.45, 2.75) is 44.6 Å². The van der Waals surface area contributed by atoms with Crippen LogP contribution in [0.3, 0.4) is 0 Å². The van der Waals surface area contributed by atoms with E-state index in [9.17, 15) is 19.5 Å². The number of carbonyl (C=O) groups is 3. The van der Waals surface area contributed by atoms with Gasteiger partial charge in [-0.25, -0.2) is 4.79 Å². The molecule has 4 rings (SSSR count). The van der Waals surface area contributed by atoms with Crippen LogP contribution < -0.4 is 14.2 Å². The van der Waals surface area contributed by atoms with Crippen LogP contribution in [-0.2, 0) is 27.5 Å². The van der Waals surface area contributed by atoms with Crippen molar-refractivity contribution < 1.29 is 54.1 Å². The highest BCUT2D eigenvalue weighted by atomic mass is 16.7. The number of aliphatic hydroxyl groups excluding tert-OH is 1. The number of hydrogen-bond acceptors (Lipinski definition) is 10. The van der Waals surface area contributed by atoms with E-state index in [4.69, 9.17) is 34.6 Å². The number of methoxy groups -OCH3 is 1. The summed E-state index contributed by atoms with van der Waals surface area (Å²) in [7, 11) is 1.65. The smallest absolute Gasteiger partial charge is 0.336 e. The van der Waals surface area contributed by atoms with Crippen LogP contribution in [0.4, 0.5) is 0 Å². The number of nitrogens with one attached hydrogen (secondary N) is 1. The van der Waals surface area contributed by atoms with Crippen molar-refractivity contribution in [1.82, 2.24) is 15.1 Å². The Morgan fingerprint density at radius 3 is 2.24 bits per heavy atom. The topological polar surface area (TPSA) is 212 Å². The first-order chi connectivity index (χ1) is 19.9. The zero-order valence-corrected chi connectivity index (χ0v) is 23.0. The Bertz CT molecular complexity index is 1360. The van der Waals surface area contributed by atoms with Gasteiger partial charge in [0.05, 0.1) is 37.9 Å². The molecule has 0 saturated carbocycles. The molecule has 0 bridgehead atoms. The minimum atomic E-state index is -2.74. The number of aromatic nitrogens is 2. The largest absolute Gasteiger partial charge is 0.497 e. The first-order valence-corrected chi connectivity index (χ1v) is 12.7. The van der Waals surface area contributed by atoms with Crippen LogP contribution in [0.25, 0.3) is 11.3 Å². The summed E-state index contributed by atoms with van der Waals surface area (Å²) in [4.78, 5) is 32.7. The van der Waals surface area contributed by atoms with Crippen LogP contribution in [0.2, 0.25) is 0 Å². The van der Waals surface area contributed by atoms with Crippen LogP contribution in [0.5, 0.6) is 17.2 Å². The van der Waals surface area contributed by atoms with Gasteiger partial charge in [-0.3, -0.25) is 19.6 Å². The third kappa shape index (κ3) is 8.92. The van der Waals surface area contributed by atoms with Crippen LogP contribution in [0.15, 0.2) is 48.7 Å². The Labute approximate surface area is 240 Å². The second-order valence-electron chi connectivity index (χ2n) is 9.68. The predicted molar refractivity (Wildman–Crippen MR) is 146 cm³/mol. The Morgan fingerprint density at radius 2 is 1.67 bits per heavy atom. The number of carboxylic acids is 3. The highest BCUT2D eigenvalue weighted by Gasteiger charge is 2.40. The molecule has 1 unspecified atom stereocenters. The molecule has 0 amide bonds. The van der Waals surface area contributed by atoms with Gasteiger partial charge in [-0.2, -0.15) is 5.10 Å². The van der Waals surface area contributed by atoms with Crippen LogP contribution >= 0.6 is 0 Å². The first-order valence-electron chi connectivity index (χ1n) is 12.7. The Kier molecular flexibility index (Phi) is 10.8. The second-order valence-corrected chi connectivity index (χ2v) is 9.68. The minimum absolute atomic E-state index is 0.260. The van der Waals surface area contributed by atoms with Gasteiger partial charge in [0.1, 0.15) is 5.75 Å². The Hall–Kier alpha value is -4.66. The van der Waals surface area contributed by atoms with Gasteiger partial charge in [0.25, 0.3) is 0 Å². The van der Waals surface area contributed by atoms with Crippen molar-refractivity contribution in [3.05, 3.63) is 59.8 Å². The molecule has 3 aromatic rings. The molecule has 0 saturated heterocycles. The van der Waals surface area contributed by atoms with Crippen molar-refractivity contribution in [1.29, 1.82) is 0 Å². The molecule has 0 radical (unpaired) electrons. The molecule has 1 aromatic heterocycles. The number of benzene rings is 2. The quantitative estimate of drug-likeness (QED) is 0.169.